The van der Waals surface area contributed by atoms with Gasteiger partial charge in [-0.2, -0.15) is 0 Å². The third kappa shape index (κ3) is 4.22. The van der Waals surface area contributed by atoms with Crippen molar-refractivity contribution >= 4 is 17.6 Å². The van der Waals surface area contributed by atoms with Gasteiger partial charge in [0.15, 0.2) is 0 Å². The van der Waals surface area contributed by atoms with Crippen molar-refractivity contribution in [2.24, 2.45) is 0 Å². The maximum atomic E-state index is 11.7. The summed E-state index contributed by atoms with van der Waals surface area (Å²) in [4.78, 5) is 11.7. The molecule has 2 N–H and O–H groups in total. The quantitative estimate of drug-likeness (QED) is 0.864. The monoisotopic (exact) mass is 266 g/mol. The number of rotatable bonds is 3. The van der Waals surface area contributed by atoms with Crippen LogP contribution in [0.2, 0.25) is 5.02 Å². The number of nitrogens with one attached hydrogen (secondary N) is 2. The van der Waals surface area contributed by atoms with E-state index in [0.29, 0.717) is 17.6 Å². The fourth-order valence-electron chi connectivity index (χ4n) is 2.31. The summed E-state index contributed by atoms with van der Waals surface area (Å²) in [6, 6.07) is 7.79. The molecule has 0 heterocycles. The van der Waals surface area contributed by atoms with Gasteiger partial charge in [0, 0.05) is 17.6 Å². The first-order valence-corrected chi connectivity index (χ1v) is 6.90. The van der Waals surface area contributed by atoms with Gasteiger partial charge in [-0.05, 0) is 30.5 Å². The van der Waals surface area contributed by atoms with Crippen molar-refractivity contribution in [2.45, 2.75) is 44.7 Å². The van der Waals surface area contributed by atoms with Crippen LogP contribution in [0.25, 0.3) is 0 Å². The van der Waals surface area contributed by atoms with Gasteiger partial charge in [0.2, 0.25) is 0 Å². The third-order valence-electron chi connectivity index (χ3n) is 3.28. The average molecular weight is 267 g/mol. The van der Waals surface area contributed by atoms with Crippen LogP contribution in [0.5, 0.6) is 0 Å². The first-order valence-electron chi connectivity index (χ1n) is 6.53. The summed E-state index contributed by atoms with van der Waals surface area (Å²) in [5, 5.41) is 6.58. The molecule has 3 nitrogen and oxygen atoms in total. The second-order valence-corrected chi connectivity index (χ2v) is 5.23. The molecule has 0 spiro atoms. The predicted molar refractivity (Wildman–Crippen MR) is 73.7 cm³/mol. The number of hydrogen-bond acceptors (Lipinski definition) is 1. The van der Waals surface area contributed by atoms with E-state index in [2.05, 4.69) is 10.6 Å². The standard InChI is InChI=1S/C14H19ClN2O/c15-12-6-4-5-11(9-12)10-16-14(18)17-13-7-2-1-3-8-13/h4-6,9,13H,1-3,7-8,10H2,(H2,16,17,18). The summed E-state index contributed by atoms with van der Waals surface area (Å²) in [7, 11) is 0. The molecule has 1 fully saturated rings. The van der Waals surface area contributed by atoms with Crippen molar-refractivity contribution < 1.29 is 4.79 Å². The predicted octanol–water partition coefficient (Wildman–Crippen LogP) is 3.47. The van der Waals surface area contributed by atoms with Crippen molar-refractivity contribution in [2.75, 3.05) is 0 Å². The van der Waals surface area contributed by atoms with Crippen molar-refractivity contribution in [3.63, 3.8) is 0 Å². The molecule has 0 radical (unpaired) electrons. The van der Waals surface area contributed by atoms with E-state index in [4.69, 9.17) is 11.6 Å². The summed E-state index contributed by atoms with van der Waals surface area (Å²) >= 11 is 5.89. The number of hydrogen-bond donors (Lipinski definition) is 2. The molecule has 0 aromatic heterocycles. The Labute approximate surface area is 113 Å². The minimum Gasteiger partial charge on any atom is -0.335 e. The largest absolute Gasteiger partial charge is 0.335 e. The van der Waals surface area contributed by atoms with Crippen LogP contribution in [0.15, 0.2) is 24.3 Å². The lowest BCUT2D eigenvalue weighted by Gasteiger charge is -2.22. The minimum absolute atomic E-state index is 0.0816. The van der Waals surface area contributed by atoms with Gasteiger partial charge in [-0.25, -0.2) is 4.79 Å². The first kappa shape index (κ1) is 13.2. The van der Waals surface area contributed by atoms with Crippen LogP contribution in [0.1, 0.15) is 37.7 Å². The Balaban J connectivity index is 1.74. The van der Waals surface area contributed by atoms with Gasteiger partial charge >= 0.3 is 6.03 Å². The molecular formula is C14H19ClN2O. The average Bonchev–Trinajstić information content (AvgIpc) is 2.38. The molecule has 0 aliphatic heterocycles. The molecule has 2 rings (SSSR count). The van der Waals surface area contributed by atoms with E-state index in [9.17, 15) is 4.79 Å². The zero-order chi connectivity index (χ0) is 12.8. The van der Waals surface area contributed by atoms with E-state index in [-0.39, 0.29) is 6.03 Å². The van der Waals surface area contributed by atoms with Crippen LogP contribution in [-0.2, 0) is 6.54 Å². The lowest BCUT2D eigenvalue weighted by atomic mass is 9.96. The van der Waals surface area contributed by atoms with Gasteiger partial charge in [0.25, 0.3) is 0 Å². The Morgan fingerprint density at radius 2 is 2.06 bits per heavy atom. The highest BCUT2D eigenvalue weighted by atomic mass is 35.5. The highest BCUT2D eigenvalue weighted by molar-refractivity contribution is 6.30. The molecule has 0 bridgehead atoms. The number of carbonyl (C=O) groups is 1. The number of carbonyl (C=O) groups excluding carboxylic acids is 1. The van der Waals surface area contributed by atoms with Crippen molar-refractivity contribution in [1.82, 2.24) is 10.6 Å². The maximum absolute atomic E-state index is 11.7. The molecule has 0 saturated heterocycles. The molecular weight excluding hydrogens is 248 g/mol. The Morgan fingerprint density at radius 3 is 2.78 bits per heavy atom. The van der Waals surface area contributed by atoms with Crippen LogP contribution in [0.3, 0.4) is 0 Å². The molecule has 1 saturated carbocycles. The number of amides is 2. The van der Waals surface area contributed by atoms with Gasteiger partial charge in [0.05, 0.1) is 0 Å². The van der Waals surface area contributed by atoms with Crippen LogP contribution < -0.4 is 10.6 Å². The molecule has 18 heavy (non-hydrogen) atoms. The summed E-state index contributed by atoms with van der Waals surface area (Å²) in [6.07, 6.45) is 5.94. The molecule has 0 atom stereocenters. The number of urea groups is 1. The summed E-state index contributed by atoms with van der Waals surface area (Å²) in [6.45, 7) is 0.513. The number of benzene rings is 1. The fraction of sp³-hybridized carbons (Fsp3) is 0.500. The van der Waals surface area contributed by atoms with E-state index in [1.54, 1.807) is 0 Å². The molecule has 4 heteroatoms. The van der Waals surface area contributed by atoms with Gasteiger partial charge in [-0.15, -0.1) is 0 Å². The van der Waals surface area contributed by atoms with Gasteiger partial charge < -0.3 is 10.6 Å². The topological polar surface area (TPSA) is 41.1 Å². The SMILES string of the molecule is O=C(NCc1cccc(Cl)c1)NC1CCCCC1. The van der Waals surface area contributed by atoms with Crippen LogP contribution >= 0.6 is 11.6 Å². The number of halogens is 1. The zero-order valence-electron chi connectivity index (χ0n) is 10.4. The molecule has 1 aliphatic carbocycles. The van der Waals surface area contributed by atoms with Gasteiger partial charge in [-0.1, -0.05) is 43.0 Å². The lowest BCUT2D eigenvalue weighted by Crippen LogP contribution is -2.42. The smallest absolute Gasteiger partial charge is 0.315 e. The molecule has 1 aliphatic rings. The Morgan fingerprint density at radius 1 is 1.28 bits per heavy atom. The van der Waals surface area contributed by atoms with E-state index >= 15 is 0 Å². The molecule has 1 aromatic rings. The molecule has 1 aromatic carbocycles. The minimum atomic E-state index is -0.0816. The lowest BCUT2D eigenvalue weighted by molar-refractivity contribution is 0.232. The van der Waals surface area contributed by atoms with Crippen molar-refractivity contribution in [3.05, 3.63) is 34.9 Å². The normalized spacial score (nSPS) is 16.3. The fourth-order valence-corrected chi connectivity index (χ4v) is 2.53. The van der Waals surface area contributed by atoms with Crippen molar-refractivity contribution in [3.8, 4) is 0 Å². The summed E-state index contributed by atoms with van der Waals surface area (Å²) in [5.41, 5.74) is 1.02. The van der Waals surface area contributed by atoms with E-state index in [0.717, 1.165) is 18.4 Å². The molecule has 0 unspecified atom stereocenters. The zero-order valence-corrected chi connectivity index (χ0v) is 11.2. The molecule has 98 valence electrons. The third-order valence-corrected chi connectivity index (χ3v) is 3.52. The van der Waals surface area contributed by atoms with Crippen LogP contribution in [-0.4, -0.2) is 12.1 Å². The van der Waals surface area contributed by atoms with E-state index in [1.165, 1.54) is 19.3 Å². The Kier molecular flexibility index (Phi) is 4.88. The van der Waals surface area contributed by atoms with Gasteiger partial charge in [-0.3, -0.25) is 0 Å². The Bertz CT molecular complexity index is 403. The first-order chi connectivity index (χ1) is 8.74. The van der Waals surface area contributed by atoms with Crippen LogP contribution in [0, 0.1) is 0 Å². The second-order valence-electron chi connectivity index (χ2n) is 4.79. The van der Waals surface area contributed by atoms with Crippen molar-refractivity contribution in [1.29, 1.82) is 0 Å². The highest BCUT2D eigenvalue weighted by Crippen LogP contribution is 2.17. The van der Waals surface area contributed by atoms with E-state index in [1.807, 2.05) is 24.3 Å². The summed E-state index contributed by atoms with van der Waals surface area (Å²) in [5.74, 6) is 0. The Hall–Kier alpha value is -1.22. The molecule has 2 amide bonds. The highest BCUT2D eigenvalue weighted by Gasteiger charge is 2.15. The van der Waals surface area contributed by atoms with Gasteiger partial charge in [0.1, 0.15) is 0 Å². The summed E-state index contributed by atoms with van der Waals surface area (Å²) < 4.78 is 0. The van der Waals surface area contributed by atoms with E-state index < -0.39 is 0 Å². The van der Waals surface area contributed by atoms with Crippen LogP contribution in [0.4, 0.5) is 4.79 Å². The maximum Gasteiger partial charge on any atom is 0.315 e. The second kappa shape index (κ2) is 6.64.